The highest BCUT2D eigenvalue weighted by atomic mass is 32.1. The molecule has 6 nitrogen and oxygen atoms in total. The van der Waals surface area contributed by atoms with E-state index in [0.29, 0.717) is 12.0 Å². The Morgan fingerprint density at radius 2 is 1.76 bits per heavy atom. The average molecular weight is 475 g/mol. The van der Waals surface area contributed by atoms with Crippen LogP contribution in [-0.2, 0) is 21.7 Å². The Hall–Kier alpha value is -2.17. The Morgan fingerprint density at radius 3 is 2.42 bits per heavy atom. The normalized spacial score (nSPS) is 27.6. The first-order valence-electron chi connectivity index (χ1n) is 10.6. The Kier molecular flexibility index (Phi) is 6.97. The molecule has 5 unspecified atom stereocenters. The fourth-order valence-corrected chi connectivity index (χ4v) is 5.21. The van der Waals surface area contributed by atoms with E-state index in [0.717, 1.165) is 26.4 Å². The summed E-state index contributed by atoms with van der Waals surface area (Å²) in [6, 6.07) is 15.9. The maximum atomic E-state index is 13.2. The van der Waals surface area contributed by atoms with Crippen molar-refractivity contribution in [3.8, 4) is 10.4 Å². The third kappa shape index (κ3) is 4.48. The summed E-state index contributed by atoms with van der Waals surface area (Å²) in [5.41, 5.74) is 3.40. The van der Waals surface area contributed by atoms with Gasteiger partial charge in [-0.25, -0.2) is 4.39 Å². The summed E-state index contributed by atoms with van der Waals surface area (Å²) < 4.78 is 24.6. The van der Waals surface area contributed by atoms with Gasteiger partial charge in [0, 0.05) is 28.8 Å². The molecular formula is C25H27FO6S. The third-order valence-electron chi connectivity index (χ3n) is 6.16. The van der Waals surface area contributed by atoms with Crippen LogP contribution in [0.15, 0.2) is 54.6 Å². The van der Waals surface area contributed by atoms with Crippen molar-refractivity contribution in [2.45, 2.75) is 43.5 Å². The molecule has 176 valence electrons. The number of ether oxygens (including phenoxy) is 2. The molecule has 3 aromatic rings. The Labute approximate surface area is 195 Å². The van der Waals surface area contributed by atoms with Gasteiger partial charge < -0.3 is 29.9 Å². The lowest BCUT2D eigenvalue weighted by Crippen LogP contribution is -2.64. The van der Waals surface area contributed by atoms with Crippen LogP contribution in [-0.4, -0.2) is 58.6 Å². The monoisotopic (exact) mass is 474 g/mol. The molecule has 4 N–H and O–H groups in total. The molecule has 2 heterocycles. The summed E-state index contributed by atoms with van der Waals surface area (Å²) >= 11 is 1.61. The lowest BCUT2D eigenvalue weighted by atomic mass is 9.86. The van der Waals surface area contributed by atoms with Crippen molar-refractivity contribution in [2.24, 2.45) is 0 Å². The number of aryl methyl sites for hydroxylation is 1. The van der Waals surface area contributed by atoms with Crippen molar-refractivity contribution in [1.29, 1.82) is 0 Å². The van der Waals surface area contributed by atoms with Crippen LogP contribution in [0.25, 0.3) is 10.4 Å². The Bertz CT molecular complexity index is 1100. The summed E-state index contributed by atoms with van der Waals surface area (Å²) in [5.74, 6) is -2.02. The maximum absolute atomic E-state index is 13.2. The molecule has 1 aliphatic rings. The number of halogens is 1. The van der Waals surface area contributed by atoms with E-state index in [9.17, 15) is 24.8 Å². The van der Waals surface area contributed by atoms with Gasteiger partial charge in [-0.15, -0.1) is 11.3 Å². The zero-order chi connectivity index (χ0) is 23.8. The molecule has 0 spiro atoms. The van der Waals surface area contributed by atoms with E-state index in [1.54, 1.807) is 29.5 Å². The second-order valence-electron chi connectivity index (χ2n) is 8.23. The largest absolute Gasteiger partial charge is 0.394 e. The molecule has 5 atom stereocenters. The van der Waals surface area contributed by atoms with Gasteiger partial charge in [-0.2, -0.15) is 0 Å². The van der Waals surface area contributed by atoms with Crippen LogP contribution in [0.1, 0.15) is 21.6 Å². The zero-order valence-electron chi connectivity index (χ0n) is 18.3. The first-order chi connectivity index (χ1) is 15.8. The van der Waals surface area contributed by atoms with E-state index >= 15 is 0 Å². The lowest BCUT2D eigenvalue weighted by Gasteiger charge is -2.47. The standard InChI is InChI=1S/C25H27FO6S/c1-14-3-6-17(25(31-2)24(30)23(29)22(28)20(13-27)32-25)11-16(14)12-19-9-10-21(33-19)15-4-7-18(26)8-5-15/h3-11,20,22-24,27-30H,12-13H2,1-2H3. The second-order valence-corrected chi connectivity index (χ2v) is 9.40. The highest BCUT2D eigenvalue weighted by molar-refractivity contribution is 7.15. The molecule has 1 aliphatic heterocycles. The first kappa shape index (κ1) is 24.0. The van der Waals surface area contributed by atoms with Crippen molar-refractivity contribution in [1.82, 2.24) is 0 Å². The minimum atomic E-state index is -1.75. The van der Waals surface area contributed by atoms with Gasteiger partial charge in [-0.05, 0) is 53.9 Å². The number of benzene rings is 2. The minimum Gasteiger partial charge on any atom is -0.394 e. The summed E-state index contributed by atoms with van der Waals surface area (Å²) in [5, 5.41) is 40.8. The number of rotatable bonds is 6. The predicted octanol–water partition coefficient (Wildman–Crippen LogP) is 2.73. The molecule has 8 heteroatoms. The fraction of sp³-hybridized carbons (Fsp3) is 0.360. The van der Waals surface area contributed by atoms with E-state index < -0.39 is 36.8 Å². The van der Waals surface area contributed by atoms with E-state index in [1.807, 2.05) is 31.2 Å². The van der Waals surface area contributed by atoms with E-state index in [2.05, 4.69) is 0 Å². The molecule has 0 aliphatic carbocycles. The summed E-state index contributed by atoms with van der Waals surface area (Å²) in [6.45, 7) is 1.43. The number of methoxy groups -OCH3 is 1. The molecule has 4 rings (SSSR count). The van der Waals surface area contributed by atoms with Gasteiger partial charge in [-0.1, -0.05) is 24.3 Å². The van der Waals surface area contributed by atoms with Crippen molar-refractivity contribution < 1.29 is 34.3 Å². The molecule has 1 aromatic heterocycles. The Balaban J connectivity index is 1.65. The van der Waals surface area contributed by atoms with Gasteiger partial charge in [0.1, 0.15) is 30.2 Å². The highest BCUT2D eigenvalue weighted by Gasteiger charge is 2.55. The van der Waals surface area contributed by atoms with E-state index in [4.69, 9.17) is 9.47 Å². The fourth-order valence-electron chi connectivity index (χ4n) is 4.18. The van der Waals surface area contributed by atoms with Crippen LogP contribution in [0.5, 0.6) is 0 Å². The van der Waals surface area contributed by atoms with Crippen molar-refractivity contribution in [3.63, 3.8) is 0 Å². The number of aliphatic hydroxyl groups excluding tert-OH is 4. The number of hydrogen-bond acceptors (Lipinski definition) is 7. The van der Waals surface area contributed by atoms with Crippen LogP contribution < -0.4 is 0 Å². The zero-order valence-corrected chi connectivity index (χ0v) is 19.1. The van der Waals surface area contributed by atoms with Crippen LogP contribution in [0.3, 0.4) is 0 Å². The molecule has 0 radical (unpaired) electrons. The van der Waals surface area contributed by atoms with Crippen LogP contribution in [0.2, 0.25) is 0 Å². The molecule has 1 fully saturated rings. The minimum absolute atomic E-state index is 0.275. The SMILES string of the molecule is COC1(c2ccc(C)c(Cc3ccc(-c4ccc(F)cc4)s3)c2)OC(CO)C(O)C(O)C1O. The van der Waals surface area contributed by atoms with E-state index in [1.165, 1.54) is 19.2 Å². The second kappa shape index (κ2) is 9.60. The quantitative estimate of drug-likeness (QED) is 0.439. The number of aliphatic hydroxyl groups is 4. The van der Waals surface area contributed by atoms with Crippen molar-refractivity contribution in [2.75, 3.05) is 13.7 Å². The first-order valence-corrected chi connectivity index (χ1v) is 11.4. The van der Waals surface area contributed by atoms with Crippen molar-refractivity contribution >= 4 is 11.3 Å². The summed E-state index contributed by atoms with van der Waals surface area (Å²) in [7, 11) is 1.34. The molecule has 1 saturated heterocycles. The van der Waals surface area contributed by atoms with E-state index in [-0.39, 0.29) is 5.82 Å². The Morgan fingerprint density at radius 1 is 1.03 bits per heavy atom. The predicted molar refractivity (Wildman–Crippen MR) is 122 cm³/mol. The molecular weight excluding hydrogens is 447 g/mol. The smallest absolute Gasteiger partial charge is 0.224 e. The maximum Gasteiger partial charge on any atom is 0.224 e. The van der Waals surface area contributed by atoms with Crippen molar-refractivity contribution in [3.05, 3.63) is 82.0 Å². The summed E-state index contributed by atoms with van der Waals surface area (Å²) in [6.07, 6.45) is -5.09. The highest BCUT2D eigenvalue weighted by Crippen LogP contribution is 2.40. The van der Waals surface area contributed by atoms with Gasteiger partial charge in [-0.3, -0.25) is 0 Å². The van der Waals surface area contributed by atoms with Gasteiger partial charge in [0.25, 0.3) is 0 Å². The third-order valence-corrected chi connectivity index (χ3v) is 7.29. The van der Waals surface area contributed by atoms with Gasteiger partial charge in [0.15, 0.2) is 0 Å². The molecule has 0 saturated carbocycles. The van der Waals surface area contributed by atoms with Crippen LogP contribution >= 0.6 is 11.3 Å². The van der Waals surface area contributed by atoms with Gasteiger partial charge in [0.2, 0.25) is 5.79 Å². The molecule has 0 amide bonds. The number of hydrogen-bond donors (Lipinski definition) is 4. The van der Waals surface area contributed by atoms with Gasteiger partial charge >= 0.3 is 0 Å². The summed E-state index contributed by atoms with van der Waals surface area (Å²) in [4.78, 5) is 2.12. The van der Waals surface area contributed by atoms with Crippen LogP contribution in [0, 0.1) is 12.7 Å². The van der Waals surface area contributed by atoms with Gasteiger partial charge in [0.05, 0.1) is 6.61 Å². The topological polar surface area (TPSA) is 99.4 Å². The molecule has 2 aromatic carbocycles. The van der Waals surface area contributed by atoms with Crippen LogP contribution in [0.4, 0.5) is 4.39 Å². The molecule has 0 bridgehead atoms. The number of thiophene rings is 1. The lowest BCUT2D eigenvalue weighted by molar-refractivity contribution is -0.366. The average Bonchev–Trinajstić information content (AvgIpc) is 3.29. The molecule has 33 heavy (non-hydrogen) atoms.